The first-order valence-electron chi connectivity index (χ1n) is 17.0. The minimum Gasteiger partial charge on any atom is -0.456 e. The van der Waals surface area contributed by atoms with Gasteiger partial charge in [-0.3, -0.25) is 4.99 Å². The van der Waals surface area contributed by atoms with E-state index in [1.807, 2.05) is 18.2 Å². The van der Waals surface area contributed by atoms with Gasteiger partial charge in [0.05, 0.1) is 22.1 Å². The Morgan fingerprint density at radius 3 is 1.72 bits per heavy atom. The Bertz CT molecular complexity index is 2930. The van der Waals surface area contributed by atoms with Gasteiger partial charge in [-0.25, -0.2) is 0 Å². The fourth-order valence-corrected chi connectivity index (χ4v) is 7.72. The van der Waals surface area contributed by atoms with Gasteiger partial charge in [0.1, 0.15) is 17.0 Å². The number of hydrogen-bond donors (Lipinski definition) is 1. The molecule has 3 heterocycles. The second-order valence-corrected chi connectivity index (χ2v) is 12.9. The molecule has 0 radical (unpaired) electrons. The van der Waals surface area contributed by atoms with Gasteiger partial charge in [0, 0.05) is 55.8 Å². The van der Waals surface area contributed by atoms with Crippen molar-refractivity contribution in [1.82, 2.24) is 9.13 Å². The molecule has 0 aliphatic heterocycles. The van der Waals surface area contributed by atoms with Crippen molar-refractivity contribution in [2.45, 2.75) is 6.42 Å². The summed E-state index contributed by atoms with van der Waals surface area (Å²) in [6, 6.07) is 55.7. The van der Waals surface area contributed by atoms with Crippen molar-refractivity contribution in [1.29, 1.82) is 0 Å². The third kappa shape index (κ3) is 4.37. The molecule has 0 saturated heterocycles. The highest BCUT2D eigenvalue weighted by molar-refractivity contribution is 6.23. The molecule has 3 aromatic heterocycles. The average molecular weight is 645 g/mol. The minimum atomic E-state index is 0.537. The summed E-state index contributed by atoms with van der Waals surface area (Å²) in [6.45, 7) is 0.591. The summed E-state index contributed by atoms with van der Waals surface area (Å²) in [5.74, 6) is 0.537. The summed E-state index contributed by atoms with van der Waals surface area (Å²) < 4.78 is 10.9. The van der Waals surface area contributed by atoms with E-state index in [2.05, 4.69) is 149 Å². The third-order valence-corrected chi connectivity index (χ3v) is 10.0. The van der Waals surface area contributed by atoms with Crippen LogP contribution in [0, 0.1) is 0 Å². The molecule has 10 rings (SSSR count). The second kappa shape index (κ2) is 11.2. The highest BCUT2D eigenvalue weighted by Gasteiger charge is 2.21. The molecule has 0 unspecified atom stereocenters. The number of aromatic nitrogens is 2. The number of amidine groups is 1. The maximum atomic E-state index is 6.57. The van der Waals surface area contributed by atoms with Crippen molar-refractivity contribution in [3.8, 4) is 11.4 Å². The largest absolute Gasteiger partial charge is 0.456 e. The van der Waals surface area contributed by atoms with Gasteiger partial charge in [-0.2, -0.15) is 0 Å². The fourth-order valence-electron chi connectivity index (χ4n) is 7.72. The predicted octanol–water partition coefficient (Wildman–Crippen LogP) is 10.7. The molecule has 238 valence electrons. The molecule has 0 atom stereocenters. The van der Waals surface area contributed by atoms with E-state index in [1.54, 1.807) is 0 Å². The summed E-state index contributed by atoms with van der Waals surface area (Å²) in [5, 5.41) is 7.19. The Morgan fingerprint density at radius 1 is 0.500 bits per heavy atom. The van der Waals surface area contributed by atoms with Gasteiger partial charge in [0.2, 0.25) is 0 Å². The Labute approximate surface area is 288 Å². The molecular formula is C45H32N4O. The van der Waals surface area contributed by atoms with E-state index >= 15 is 0 Å². The molecule has 0 spiro atoms. The lowest BCUT2D eigenvalue weighted by atomic mass is 10.1. The summed E-state index contributed by atoms with van der Waals surface area (Å²) in [5.41, 5.74) is 17.4. The monoisotopic (exact) mass is 644 g/mol. The maximum absolute atomic E-state index is 6.57. The molecule has 0 aliphatic carbocycles. The zero-order valence-electron chi connectivity index (χ0n) is 27.3. The lowest BCUT2D eigenvalue weighted by Crippen LogP contribution is -2.14. The van der Waals surface area contributed by atoms with E-state index in [-0.39, 0.29) is 0 Å². The Morgan fingerprint density at radius 2 is 1.04 bits per heavy atom. The number of para-hydroxylation sites is 4. The number of nitrogens with zero attached hydrogens (tertiary/aromatic N) is 3. The molecular weight excluding hydrogens is 613 g/mol. The SMILES string of the molecule is NC(=NCCc1ccc2c(c1)oc1ccccc12)c1ccc(-n2c3ccccc3c3ccc4c5ccccc5n(-c5ccccc5)c4c32)cc1. The van der Waals surface area contributed by atoms with Crippen LogP contribution in [0.15, 0.2) is 167 Å². The molecule has 0 amide bonds. The number of hydrogen-bond acceptors (Lipinski definition) is 2. The van der Waals surface area contributed by atoms with E-state index in [9.17, 15) is 0 Å². The summed E-state index contributed by atoms with van der Waals surface area (Å²) in [7, 11) is 0. The van der Waals surface area contributed by atoms with Crippen LogP contribution in [0.4, 0.5) is 0 Å². The highest BCUT2D eigenvalue weighted by atomic mass is 16.3. The van der Waals surface area contributed by atoms with Crippen molar-refractivity contribution in [2.75, 3.05) is 6.54 Å². The van der Waals surface area contributed by atoms with Crippen molar-refractivity contribution >= 4 is 71.4 Å². The molecule has 0 saturated carbocycles. The van der Waals surface area contributed by atoms with Crippen LogP contribution in [0.1, 0.15) is 11.1 Å². The van der Waals surface area contributed by atoms with E-state index in [0.717, 1.165) is 50.8 Å². The smallest absolute Gasteiger partial charge is 0.135 e. The van der Waals surface area contributed by atoms with Crippen LogP contribution < -0.4 is 5.73 Å². The zero-order chi connectivity index (χ0) is 33.2. The number of fused-ring (bicyclic) bond motifs is 10. The fraction of sp³-hybridized carbons (Fsp3) is 0.0444. The number of nitrogens with two attached hydrogens (primary N) is 1. The van der Waals surface area contributed by atoms with Crippen molar-refractivity contribution < 1.29 is 4.42 Å². The van der Waals surface area contributed by atoms with Gasteiger partial charge >= 0.3 is 0 Å². The van der Waals surface area contributed by atoms with E-state index in [0.29, 0.717) is 12.4 Å². The first-order valence-corrected chi connectivity index (χ1v) is 17.0. The minimum absolute atomic E-state index is 0.537. The average Bonchev–Trinajstić information content (AvgIpc) is 3.83. The van der Waals surface area contributed by atoms with Gasteiger partial charge in [0.25, 0.3) is 0 Å². The molecule has 0 fully saturated rings. The van der Waals surface area contributed by atoms with Crippen LogP contribution in [0.2, 0.25) is 0 Å². The molecule has 50 heavy (non-hydrogen) atoms. The molecule has 5 nitrogen and oxygen atoms in total. The van der Waals surface area contributed by atoms with E-state index in [1.165, 1.54) is 43.7 Å². The molecule has 10 aromatic rings. The van der Waals surface area contributed by atoms with E-state index in [4.69, 9.17) is 15.1 Å². The maximum Gasteiger partial charge on any atom is 0.135 e. The van der Waals surface area contributed by atoms with Crippen LogP contribution in [-0.4, -0.2) is 21.5 Å². The van der Waals surface area contributed by atoms with Crippen molar-refractivity contribution in [2.24, 2.45) is 10.7 Å². The Balaban J connectivity index is 1.04. The van der Waals surface area contributed by atoms with Crippen molar-refractivity contribution in [3.63, 3.8) is 0 Å². The summed E-state index contributed by atoms with van der Waals surface area (Å²) in [6.07, 6.45) is 0.776. The molecule has 5 heteroatoms. The first kappa shape index (κ1) is 28.4. The van der Waals surface area contributed by atoms with Crippen LogP contribution in [0.5, 0.6) is 0 Å². The van der Waals surface area contributed by atoms with Gasteiger partial charge in [-0.1, -0.05) is 97.1 Å². The summed E-state index contributed by atoms with van der Waals surface area (Å²) >= 11 is 0. The van der Waals surface area contributed by atoms with Gasteiger partial charge < -0.3 is 19.3 Å². The predicted molar refractivity (Wildman–Crippen MR) is 208 cm³/mol. The second-order valence-electron chi connectivity index (χ2n) is 12.9. The Hall–Kier alpha value is -6.59. The molecule has 0 aliphatic rings. The first-order chi connectivity index (χ1) is 24.7. The van der Waals surface area contributed by atoms with Gasteiger partial charge in [-0.15, -0.1) is 0 Å². The van der Waals surface area contributed by atoms with Crippen LogP contribution in [0.25, 0.3) is 76.9 Å². The lowest BCUT2D eigenvalue weighted by molar-refractivity contribution is 0.668. The number of furan rings is 1. The zero-order valence-corrected chi connectivity index (χ0v) is 27.3. The topological polar surface area (TPSA) is 61.4 Å². The molecule has 7 aromatic carbocycles. The number of benzene rings is 7. The Kier molecular flexibility index (Phi) is 6.39. The summed E-state index contributed by atoms with van der Waals surface area (Å²) in [4.78, 5) is 4.77. The van der Waals surface area contributed by atoms with Crippen LogP contribution >= 0.6 is 0 Å². The van der Waals surface area contributed by atoms with Gasteiger partial charge in [-0.05, 0) is 72.6 Å². The van der Waals surface area contributed by atoms with Crippen LogP contribution in [-0.2, 0) is 6.42 Å². The molecule has 0 bridgehead atoms. The quantitative estimate of drug-likeness (QED) is 0.145. The van der Waals surface area contributed by atoms with Crippen molar-refractivity contribution in [3.05, 3.63) is 169 Å². The lowest BCUT2D eigenvalue weighted by Gasteiger charge is -2.13. The number of rotatable bonds is 6. The molecule has 2 N–H and O–H groups in total. The van der Waals surface area contributed by atoms with Gasteiger partial charge in [0.15, 0.2) is 0 Å². The third-order valence-electron chi connectivity index (χ3n) is 10.0. The standard InChI is InChI=1S/C45H32N4O/c46-45(47-27-26-29-18-23-36-35-14-6-9-17-41(35)50-42(36)28-29)30-19-21-32(22-20-30)49-40-16-8-5-13-34(40)38-25-24-37-33-12-4-7-15-39(33)48(43(37)44(38)49)31-10-2-1-3-11-31/h1-25,28H,26-27H2,(H2,46,47). The van der Waals surface area contributed by atoms with E-state index < -0.39 is 0 Å². The number of aliphatic imine (C=N–C) groups is 1. The van der Waals surface area contributed by atoms with Crippen LogP contribution in [0.3, 0.4) is 0 Å². The normalized spacial score (nSPS) is 12.4. The highest BCUT2D eigenvalue weighted by Crippen LogP contribution is 2.41.